The van der Waals surface area contributed by atoms with E-state index in [-0.39, 0.29) is 17.9 Å². The molecule has 0 N–H and O–H groups in total. The lowest BCUT2D eigenvalue weighted by Gasteiger charge is -2.39. The number of hydrogen-bond donors (Lipinski definition) is 0. The molecule has 2 aliphatic rings. The third-order valence-electron chi connectivity index (χ3n) is 7.41. The van der Waals surface area contributed by atoms with Gasteiger partial charge in [0.2, 0.25) is 5.91 Å². The van der Waals surface area contributed by atoms with Crippen molar-refractivity contribution in [2.75, 3.05) is 53.5 Å². The minimum absolute atomic E-state index is 0.0788. The minimum atomic E-state index is -0.0788. The predicted molar refractivity (Wildman–Crippen MR) is 145 cm³/mol. The molecular formula is C29H33N3O4S. The number of nitrogens with zero attached hydrogens (tertiary/aromatic N) is 3. The van der Waals surface area contributed by atoms with Gasteiger partial charge in [-0.15, -0.1) is 11.3 Å². The molecule has 1 atom stereocenters. The smallest absolute Gasteiger partial charge is 0.254 e. The summed E-state index contributed by atoms with van der Waals surface area (Å²) in [6.07, 6.45) is 0.967. The summed E-state index contributed by atoms with van der Waals surface area (Å²) in [5.74, 6) is 1.20. The lowest BCUT2D eigenvalue weighted by molar-refractivity contribution is -0.134. The summed E-state index contributed by atoms with van der Waals surface area (Å²) in [6.45, 7) is 5.42. The van der Waals surface area contributed by atoms with Gasteiger partial charge < -0.3 is 19.3 Å². The number of ether oxygens (including phenoxy) is 2. The SMILES string of the molecule is COc1cc(OC)cc(C(=O)N2CCN(C(=O)CN3CCc4sccc4[C@@H]3c3ccccc3C)CC2)c1. The number of aryl methyl sites for hydroxylation is 1. The van der Waals surface area contributed by atoms with Gasteiger partial charge in [0.25, 0.3) is 5.91 Å². The minimum Gasteiger partial charge on any atom is -0.497 e. The first kappa shape index (κ1) is 25.3. The molecule has 1 aromatic heterocycles. The number of rotatable bonds is 6. The number of amides is 2. The van der Waals surface area contributed by atoms with Crippen molar-refractivity contribution in [1.29, 1.82) is 0 Å². The van der Waals surface area contributed by atoms with E-state index in [9.17, 15) is 9.59 Å². The third kappa shape index (κ3) is 5.22. The van der Waals surface area contributed by atoms with Gasteiger partial charge in [-0.25, -0.2) is 0 Å². The molecule has 2 aliphatic heterocycles. The number of piperazine rings is 1. The van der Waals surface area contributed by atoms with Crippen molar-refractivity contribution in [2.24, 2.45) is 0 Å². The zero-order valence-corrected chi connectivity index (χ0v) is 22.4. The molecule has 0 radical (unpaired) electrons. The van der Waals surface area contributed by atoms with Gasteiger partial charge in [0.05, 0.1) is 26.8 Å². The van der Waals surface area contributed by atoms with Crippen LogP contribution in [0.25, 0.3) is 0 Å². The normalized spacial score (nSPS) is 17.9. The van der Waals surface area contributed by atoms with Crippen LogP contribution >= 0.6 is 11.3 Å². The molecule has 1 saturated heterocycles. The Balaban J connectivity index is 1.25. The maximum absolute atomic E-state index is 13.4. The first-order chi connectivity index (χ1) is 18.0. The van der Waals surface area contributed by atoms with Gasteiger partial charge in [-0.3, -0.25) is 14.5 Å². The number of fused-ring (bicyclic) bond motifs is 1. The van der Waals surface area contributed by atoms with E-state index >= 15 is 0 Å². The molecule has 37 heavy (non-hydrogen) atoms. The average Bonchev–Trinajstić information content (AvgIpc) is 3.42. The van der Waals surface area contributed by atoms with Crippen molar-refractivity contribution in [3.63, 3.8) is 0 Å². The van der Waals surface area contributed by atoms with Crippen LogP contribution in [0.5, 0.6) is 11.5 Å². The molecule has 0 spiro atoms. The van der Waals surface area contributed by atoms with E-state index in [1.165, 1.54) is 21.6 Å². The monoisotopic (exact) mass is 519 g/mol. The lowest BCUT2D eigenvalue weighted by atomic mass is 9.90. The first-order valence-electron chi connectivity index (χ1n) is 12.6. The van der Waals surface area contributed by atoms with Crippen LogP contribution < -0.4 is 9.47 Å². The highest BCUT2D eigenvalue weighted by atomic mass is 32.1. The molecule has 5 rings (SSSR count). The van der Waals surface area contributed by atoms with Crippen molar-refractivity contribution in [1.82, 2.24) is 14.7 Å². The van der Waals surface area contributed by atoms with E-state index in [0.29, 0.717) is 49.8 Å². The molecule has 194 valence electrons. The summed E-state index contributed by atoms with van der Waals surface area (Å²) < 4.78 is 10.6. The fourth-order valence-electron chi connectivity index (χ4n) is 5.34. The molecule has 3 heterocycles. The van der Waals surface area contributed by atoms with Gasteiger partial charge in [-0.05, 0) is 53.6 Å². The zero-order chi connectivity index (χ0) is 25.9. The van der Waals surface area contributed by atoms with Gasteiger partial charge in [-0.2, -0.15) is 0 Å². The van der Waals surface area contributed by atoms with Crippen LogP contribution in [0.2, 0.25) is 0 Å². The van der Waals surface area contributed by atoms with E-state index in [4.69, 9.17) is 9.47 Å². The van der Waals surface area contributed by atoms with Crippen molar-refractivity contribution in [2.45, 2.75) is 19.4 Å². The molecule has 7 nitrogen and oxygen atoms in total. The quantitative estimate of drug-likeness (QED) is 0.493. The summed E-state index contributed by atoms with van der Waals surface area (Å²) in [5, 5.41) is 2.16. The Hall–Kier alpha value is -3.36. The van der Waals surface area contributed by atoms with E-state index < -0.39 is 0 Å². The van der Waals surface area contributed by atoms with Crippen LogP contribution in [-0.4, -0.2) is 80.0 Å². The van der Waals surface area contributed by atoms with Crippen LogP contribution in [0.4, 0.5) is 0 Å². The standard InChI is InChI=1S/C29H33N3O4S/c1-20-6-4-5-7-24(20)28-25-9-15-37-26(25)8-10-32(28)19-27(33)30-11-13-31(14-12-30)29(34)21-16-22(35-2)18-23(17-21)36-3/h4-7,9,15-18,28H,8,10-14,19H2,1-3H3/t28-/m0/s1. The summed E-state index contributed by atoms with van der Waals surface area (Å²) in [4.78, 5) is 34.0. The van der Waals surface area contributed by atoms with Crippen molar-refractivity contribution >= 4 is 23.2 Å². The largest absolute Gasteiger partial charge is 0.497 e. The van der Waals surface area contributed by atoms with Crippen LogP contribution in [0, 0.1) is 6.92 Å². The number of carbonyl (C=O) groups excluding carboxylic acids is 2. The summed E-state index contributed by atoms with van der Waals surface area (Å²) in [7, 11) is 3.14. The Morgan fingerprint density at radius 2 is 1.57 bits per heavy atom. The molecule has 3 aromatic rings. The van der Waals surface area contributed by atoms with Crippen LogP contribution in [-0.2, 0) is 11.2 Å². The molecule has 0 unspecified atom stereocenters. The van der Waals surface area contributed by atoms with Gasteiger partial charge in [-0.1, -0.05) is 24.3 Å². The Morgan fingerprint density at radius 1 is 0.892 bits per heavy atom. The second kappa shape index (κ2) is 10.9. The van der Waals surface area contributed by atoms with Crippen molar-refractivity contribution < 1.29 is 19.1 Å². The number of methoxy groups -OCH3 is 2. The molecule has 0 bridgehead atoms. The second-order valence-corrected chi connectivity index (χ2v) is 10.6. The first-order valence-corrected chi connectivity index (χ1v) is 13.5. The number of hydrogen-bond acceptors (Lipinski definition) is 6. The summed E-state index contributed by atoms with van der Waals surface area (Å²) in [5.41, 5.74) is 4.35. The van der Waals surface area contributed by atoms with Crippen LogP contribution in [0.15, 0.2) is 53.9 Å². The molecule has 0 aliphatic carbocycles. The predicted octanol–water partition coefficient (Wildman–Crippen LogP) is 4.01. The molecular weight excluding hydrogens is 486 g/mol. The average molecular weight is 520 g/mol. The molecule has 2 amide bonds. The maximum atomic E-state index is 13.4. The number of carbonyl (C=O) groups is 2. The molecule has 0 saturated carbocycles. The van der Waals surface area contributed by atoms with Crippen LogP contribution in [0.1, 0.15) is 38.0 Å². The fourth-order valence-corrected chi connectivity index (χ4v) is 6.25. The number of thiophene rings is 1. The van der Waals surface area contributed by atoms with Crippen molar-refractivity contribution in [3.05, 3.63) is 81.0 Å². The maximum Gasteiger partial charge on any atom is 0.254 e. The van der Waals surface area contributed by atoms with E-state index in [1.54, 1.807) is 37.3 Å². The van der Waals surface area contributed by atoms with Gasteiger partial charge in [0, 0.05) is 49.2 Å². The topological polar surface area (TPSA) is 62.3 Å². The van der Waals surface area contributed by atoms with E-state index in [1.807, 2.05) is 16.2 Å². The molecule has 1 fully saturated rings. The van der Waals surface area contributed by atoms with Gasteiger partial charge >= 0.3 is 0 Å². The molecule has 8 heteroatoms. The molecule has 2 aromatic carbocycles. The second-order valence-electron chi connectivity index (χ2n) is 9.55. The van der Waals surface area contributed by atoms with E-state index in [0.717, 1.165) is 13.0 Å². The van der Waals surface area contributed by atoms with E-state index in [2.05, 4.69) is 47.5 Å². The Kier molecular flexibility index (Phi) is 7.48. The van der Waals surface area contributed by atoms with Gasteiger partial charge in [0.1, 0.15) is 11.5 Å². The highest BCUT2D eigenvalue weighted by Crippen LogP contribution is 2.38. The Morgan fingerprint density at radius 3 is 2.24 bits per heavy atom. The Labute approximate surface area is 222 Å². The highest BCUT2D eigenvalue weighted by molar-refractivity contribution is 7.10. The number of benzene rings is 2. The van der Waals surface area contributed by atoms with Crippen LogP contribution in [0.3, 0.4) is 0 Å². The Bertz CT molecular complexity index is 1260. The summed E-state index contributed by atoms with van der Waals surface area (Å²) in [6, 6.07) is 16.0. The fraction of sp³-hybridized carbons (Fsp3) is 0.379. The highest BCUT2D eigenvalue weighted by Gasteiger charge is 2.33. The lowest BCUT2D eigenvalue weighted by Crippen LogP contribution is -2.53. The van der Waals surface area contributed by atoms with Gasteiger partial charge in [0.15, 0.2) is 0 Å². The third-order valence-corrected chi connectivity index (χ3v) is 8.40. The zero-order valence-electron chi connectivity index (χ0n) is 21.6. The summed E-state index contributed by atoms with van der Waals surface area (Å²) >= 11 is 1.81. The van der Waals surface area contributed by atoms with Crippen molar-refractivity contribution in [3.8, 4) is 11.5 Å².